The zero-order valence-electron chi connectivity index (χ0n) is 48.6. The molecule has 0 radical (unpaired) electrons. The summed E-state index contributed by atoms with van der Waals surface area (Å²) in [5, 5.41) is 11.4. The highest BCUT2D eigenvalue weighted by Gasteiger charge is 2.21. The van der Waals surface area contributed by atoms with Crippen LogP contribution in [0.1, 0.15) is 5.56 Å². The summed E-state index contributed by atoms with van der Waals surface area (Å²) in [6.45, 7) is 11.1. The number of hydrogen-bond acceptors (Lipinski definition) is 25. The Morgan fingerprint density at radius 3 is 0.829 bits per heavy atom. The summed E-state index contributed by atoms with van der Waals surface area (Å²) in [7, 11) is 0. The maximum atomic E-state index is 13.5. The number of carbonyl (C=O) groups excluding carboxylic acids is 5. The normalized spacial score (nSPS) is 11.5. The average Bonchev–Trinajstić information content (AvgIpc) is 3.48. The third-order valence-corrected chi connectivity index (χ3v) is 10.8. The van der Waals surface area contributed by atoms with Crippen LogP contribution in [0, 0.1) is 0 Å². The molecule has 0 aliphatic rings. The van der Waals surface area contributed by atoms with Crippen molar-refractivity contribution in [2.45, 2.75) is 6.61 Å². The Morgan fingerprint density at radius 2 is 0.561 bits per heavy atom. The van der Waals surface area contributed by atoms with Crippen LogP contribution in [0.25, 0.3) is 0 Å². The molecule has 29 heteroatoms. The van der Waals surface area contributed by atoms with Gasteiger partial charge >= 0.3 is 5.97 Å². The van der Waals surface area contributed by atoms with Crippen LogP contribution >= 0.6 is 0 Å². The lowest BCUT2D eigenvalue weighted by Crippen LogP contribution is -2.49. The van der Waals surface area contributed by atoms with Crippen LogP contribution in [0.15, 0.2) is 30.3 Å². The van der Waals surface area contributed by atoms with E-state index in [-0.39, 0.29) is 142 Å². The zero-order valence-corrected chi connectivity index (χ0v) is 48.6. The number of ether oxygens (including phenoxy) is 13. The lowest BCUT2D eigenvalue weighted by molar-refractivity contribution is -0.146. The van der Waals surface area contributed by atoms with Crippen molar-refractivity contribution >= 4 is 29.6 Å². The van der Waals surface area contributed by atoms with Gasteiger partial charge in [0.05, 0.1) is 191 Å². The molecule has 29 nitrogen and oxygen atoms in total. The average molecular weight is 1180 g/mol. The molecule has 0 unspecified atom stereocenters. The number of nitrogens with zero attached hydrogens (tertiary/aromatic N) is 3. The van der Waals surface area contributed by atoms with Crippen LogP contribution in [0.3, 0.4) is 0 Å². The standard InChI is InChI=1S/C53H101N11O18/c54-6-18-70-26-34-78-38-30-74-22-10-58-49(65)42-63(43-50(66)59-11-23-75-31-39-79-35-27-71-19-7-55)16-14-62(46-53(69)82-47-48-4-2-1-3-5-48)15-17-64(44-51(67)60-12-24-76-32-40-80-36-28-72-20-8-56)45-52(68)61-13-25-77-33-41-81-37-29-73-21-9-57/h1-5H,6-47,54-57H2,(H,58,65)(H,59,66)(H,60,67)(H,61,68). The summed E-state index contributed by atoms with van der Waals surface area (Å²) in [6.07, 6.45) is 0. The molecule has 0 saturated carbocycles. The highest BCUT2D eigenvalue weighted by molar-refractivity contribution is 5.82. The van der Waals surface area contributed by atoms with Crippen LogP contribution in [-0.4, -0.2) is 314 Å². The van der Waals surface area contributed by atoms with Gasteiger partial charge in [0, 0.05) is 78.5 Å². The molecule has 0 fully saturated rings. The molecule has 4 amide bonds. The summed E-state index contributed by atoms with van der Waals surface area (Å²) in [4.78, 5) is 72.0. The van der Waals surface area contributed by atoms with Crippen LogP contribution in [-0.2, 0) is 92.2 Å². The first-order valence-electron chi connectivity index (χ1n) is 28.4. The molecule has 0 bridgehead atoms. The molecule has 82 heavy (non-hydrogen) atoms. The molecule has 1 aromatic rings. The van der Waals surface area contributed by atoms with E-state index < -0.39 is 5.97 Å². The van der Waals surface area contributed by atoms with Gasteiger partial charge in [0.25, 0.3) is 0 Å². The molecule has 0 saturated heterocycles. The van der Waals surface area contributed by atoms with Crippen molar-refractivity contribution in [1.29, 1.82) is 0 Å². The van der Waals surface area contributed by atoms with E-state index in [0.717, 1.165) is 5.56 Å². The number of carbonyl (C=O) groups is 5. The fraction of sp³-hybridized carbons (Fsp3) is 0.792. The smallest absolute Gasteiger partial charge is 0.320 e. The zero-order chi connectivity index (χ0) is 59.5. The van der Waals surface area contributed by atoms with Crippen molar-refractivity contribution in [3.8, 4) is 0 Å². The van der Waals surface area contributed by atoms with Gasteiger partial charge in [-0.2, -0.15) is 0 Å². The second-order valence-electron chi connectivity index (χ2n) is 17.7. The van der Waals surface area contributed by atoms with Crippen molar-refractivity contribution in [2.75, 3.05) is 270 Å². The minimum Gasteiger partial charge on any atom is -0.460 e. The topological polar surface area (TPSA) is 367 Å². The first kappa shape index (κ1) is 75.8. The van der Waals surface area contributed by atoms with E-state index in [1.54, 1.807) is 14.7 Å². The molecule has 0 spiro atoms. The van der Waals surface area contributed by atoms with Gasteiger partial charge in [-0.25, -0.2) is 0 Å². The van der Waals surface area contributed by atoms with Crippen molar-refractivity contribution < 1.29 is 85.6 Å². The van der Waals surface area contributed by atoms with Crippen molar-refractivity contribution in [1.82, 2.24) is 36.0 Å². The Kier molecular flexibility index (Phi) is 54.2. The van der Waals surface area contributed by atoms with Gasteiger partial charge in [0.15, 0.2) is 0 Å². The summed E-state index contributed by atoms with van der Waals surface area (Å²) in [5.41, 5.74) is 22.5. The third kappa shape index (κ3) is 51.4. The van der Waals surface area contributed by atoms with Crippen LogP contribution < -0.4 is 44.2 Å². The monoisotopic (exact) mass is 1180 g/mol. The number of amides is 4. The van der Waals surface area contributed by atoms with E-state index in [1.165, 1.54) is 0 Å². The number of hydrogen-bond donors (Lipinski definition) is 8. The number of rotatable bonds is 62. The fourth-order valence-corrected chi connectivity index (χ4v) is 6.82. The molecule has 1 aromatic carbocycles. The Morgan fingerprint density at radius 1 is 0.317 bits per heavy atom. The molecule has 0 atom stereocenters. The fourth-order valence-electron chi connectivity index (χ4n) is 6.82. The predicted octanol–water partition coefficient (Wildman–Crippen LogP) is -4.87. The molecule has 0 aromatic heterocycles. The first-order valence-corrected chi connectivity index (χ1v) is 28.4. The Balaban J connectivity index is 3.09. The minimum atomic E-state index is -0.528. The van der Waals surface area contributed by atoms with Crippen LogP contribution in [0.5, 0.6) is 0 Å². The van der Waals surface area contributed by atoms with Gasteiger partial charge in [-0.3, -0.25) is 38.7 Å². The second-order valence-corrected chi connectivity index (χ2v) is 17.7. The Hall–Kier alpha value is -4.19. The molecule has 0 heterocycles. The molecule has 476 valence electrons. The number of esters is 1. The van der Waals surface area contributed by atoms with E-state index in [1.807, 2.05) is 30.3 Å². The van der Waals surface area contributed by atoms with Crippen molar-refractivity contribution in [2.24, 2.45) is 22.9 Å². The molecule has 12 N–H and O–H groups in total. The number of benzene rings is 1. The maximum Gasteiger partial charge on any atom is 0.320 e. The third-order valence-electron chi connectivity index (χ3n) is 10.8. The van der Waals surface area contributed by atoms with E-state index in [2.05, 4.69) is 21.3 Å². The minimum absolute atomic E-state index is 0.0379. The van der Waals surface area contributed by atoms with Gasteiger partial charge in [-0.1, -0.05) is 30.3 Å². The van der Waals surface area contributed by atoms with E-state index in [4.69, 9.17) is 84.5 Å². The van der Waals surface area contributed by atoms with E-state index in [0.29, 0.717) is 158 Å². The van der Waals surface area contributed by atoms with Gasteiger partial charge < -0.3 is 106 Å². The summed E-state index contributed by atoms with van der Waals surface area (Å²) in [6, 6.07) is 9.23. The maximum absolute atomic E-state index is 13.5. The van der Waals surface area contributed by atoms with Crippen molar-refractivity contribution in [3.05, 3.63) is 35.9 Å². The first-order chi connectivity index (χ1) is 40.2. The quantitative estimate of drug-likeness (QED) is 0.0224. The predicted molar refractivity (Wildman–Crippen MR) is 304 cm³/mol. The summed E-state index contributed by atoms with van der Waals surface area (Å²) >= 11 is 0. The number of nitrogens with one attached hydrogen (secondary N) is 4. The number of nitrogens with two attached hydrogens (primary N) is 4. The largest absolute Gasteiger partial charge is 0.460 e. The molecule has 1 rings (SSSR count). The Labute approximate surface area is 485 Å². The molecular formula is C53H101N11O18. The van der Waals surface area contributed by atoms with Gasteiger partial charge in [-0.15, -0.1) is 0 Å². The van der Waals surface area contributed by atoms with Crippen LogP contribution in [0.4, 0.5) is 0 Å². The lowest BCUT2D eigenvalue weighted by atomic mass is 10.2. The molecule has 0 aliphatic heterocycles. The van der Waals surface area contributed by atoms with Gasteiger partial charge in [-0.05, 0) is 5.56 Å². The van der Waals surface area contributed by atoms with E-state index >= 15 is 0 Å². The lowest BCUT2D eigenvalue weighted by Gasteiger charge is -2.29. The Bertz CT molecular complexity index is 1490. The highest BCUT2D eigenvalue weighted by Crippen LogP contribution is 2.03. The highest BCUT2D eigenvalue weighted by atomic mass is 16.6. The molecular weight excluding hydrogens is 1080 g/mol. The van der Waals surface area contributed by atoms with Crippen molar-refractivity contribution in [3.63, 3.8) is 0 Å². The second kappa shape index (κ2) is 58.6. The van der Waals surface area contributed by atoms with E-state index in [9.17, 15) is 24.0 Å². The summed E-state index contributed by atoms with van der Waals surface area (Å²) in [5.74, 6) is -1.96. The molecule has 0 aliphatic carbocycles. The van der Waals surface area contributed by atoms with Crippen LogP contribution in [0.2, 0.25) is 0 Å². The van der Waals surface area contributed by atoms with Gasteiger partial charge in [0.1, 0.15) is 6.61 Å². The van der Waals surface area contributed by atoms with Gasteiger partial charge in [0.2, 0.25) is 23.6 Å². The summed E-state index contributed by atoms with van der Waals surface area (Å²) < 4.78 is 71.2. The SMILES string of the molecule is NCCOCCOCCOCCNC(=O)CN(CCN(CCN(CC(=O)NCCOCCOCCOCCN)CC(=O)NCCOCCOCCOCCN)CC(=O)OCc1ccccc1)CC(=O)NCCOCCOCCOCCN.